The van der Waals surface area contributed by atoms with Crippen molar-refractivity contribution in [3.8, 4) is 23.0 Å². The largest absolute Gasteiger partial charge is 0.513 e. The number of nitrogens with one attached hydrogen (secondary N) is 1. The number of amides is 1. The number of anilines is 1. The highest BCUT2D eigenvalue weighted by Gasteiger charge is 2.28. The van der Waals surface area contributed by atoms with E-state index in [0.717, 1.165) is 9.87 Å². The molecule has 0 unspecified atom stereocenters. The van der Waals surface area contributed by atoms with Crippen molar-refractivity contribution in [2.45, 2.75) is 11.8 Å². The average Bonchev–Trinajstić information content (AvgIpc) is 2.96. The summed E-state index contributed by atoms with van der Waals surface area (Å²) >= 11 is 0. The van der Waals surface area contributed by atoms with Crippen molar-refractivity contribution in [1.82, 2.24) is 5.43 Å². The topological polar surface area (TPSA) is 142 Å². The number of carbonyl (C=O) groups excluding carboxylic acids is 2. The highest BCUT2D eigenvalue weighted by atomic mass is 32.2. The van der Waals surface area contributed by atoms with Crippen LogP contribution < -0.4 is 28.7 Å². The van der Waals surface area contributed by atoms with Gasteiger partial charge in [-0.25, -0.2) is 18.6 Å². The van der Waals surface area contributed by atoms with Gasteiger partial charge in [-0.2, -0.15) is 5.10 Å². The van der Waals surface area contributed by atoms with E-state index in [1.54, 1.807) is 24.3 Å². The zero-order valence-electron chi connectivity index (χ0n) is 22.5. The van der Waals surface area contributed by atoms with E-state index in [0.29, 0.717) is 11.3 Å². The predicted molar refractivity (Wildman–Crippen MR) is 147 cm³/mol. The molecular formula is C27H29N3O9S. The Hall–Kier alpha value is -4.78. The van der Waals surface area contributed by atoms with E-state index in [1.807, 2.05) is 6.92 Å². The molecule has 1 amide bonds. The van der Waals surface area contributed by atoms with E-state index in [1.165, 1.54) is 71.1 Å². The van der Waals surface area contributed by atoms with Crippen LogP contribution in [-0.4, -0.2) is 61.7 Å². The highest BCUT2D eigenvalue weighted by molar-refractivity contribution is 7.92. The number of hydrogen-bond donors (Lipinski definition) is 1. The van der Waals surface area contributed by atoms with Crippen LogP contribution in [0.25, 0.3) is 0 Å². The van der Waals surface area contributed by atoms with Gasteiger partial charge in [-0.1, -0.05) is 17.7 Å². The van der Waals surface area contributed by atoms with Crippen molar-refractivity contribution in [3.05, 3.63) is 71.8 Å². The monoisotopic (exact) mass is 571 g/mol. The van der Waals surface area contributed by atoms with Gasteiger partial charge in [-0.3, -0.25) is 9.10 Å². The number of hydrazone groups is 1. The Labute approximate surface area is 232 Å². The van der Waals surface area contributed by atoms with Gasteiger partial charge in [0.1, 0.15) is 6.54 Å². The highest BCUT2D eigenvalue weighted by Crippen LogP contribution is 2.34. The molecule has 0 aromatic heterocycles. The maximum atomic E-state index is 13.6. The Kier molecular flexibility index (Phi) is 9.92. The van der Waals surface area contributed by atoms with Crippen LogP contribution in [-0.2, 0) is 19.6 Å². The van der Waals surface area contributed by atoms with Gasteiger partial charge < -0.3 is 23.7 Å². The number of carbonyl (C=O) groups is 2. The van der Waals surface area contributed by atoms with Gasteiger partial charge in [-0.15, -0.1) is 0 Å². The molecule has 40 heavy (non-hydrogen) atoms. The lowest BCUT2D eigenvalue weighted by atomic mass is 10.2. The number of hydrogen-bond acceptors (Lipinski definition) is 10. The summed E-state index contributed by atoms with van der Waals surface area (Å²) in [6.45, 7) is 1.25. The van der Waals surface area contributed by atoms with Crippen LogP contribution in [0, 0.1) is 6.92 Å². The summed E-state index contributed by atoms with van der Waals surface area (Å²) in [5, 5.41) is 3.92. The molecule has 3 aromatic rings. The van der Waals surface area contributed by atoms with E-state index < -0.39 is 28.6 Å². The first-order valence-electron chi connectivity index (χ1n) is 11.7. The molecule has 3 rings (SSSR count). The van der Waals surface area contributed by atoms with E-state index >= 15 is 0 Å². The third kappa shape index (κ3) is 7.20. The molecule has 0 radical (unpaired) electrons. The molecule has 0 aliphatic rings. The van der Waals surface area contributed by atoms with E-state index in [4.69, 9.17) is 18.9 Å². The molecule has 12 nitrogen and oxygen atoms in total. The first-order valence-corrected chi connectivity index (χ1v) is 13.1. The maximum Gasteiger partial charge on any atom is 0.513 e. The molecule has 0 fully saturated rings. The minimum Gasteiger partial charge on any atom is -0.493 e. The zero-order valence-corrected chi connectivity index (χ0v) is 23.4. The summed E-state index contributed by atoms with van der Waals surface area (Å²) < 4.78 is 53.4. The lowest BCUT2D eigenvalue weighted by Gasteiger charge is -2.24. The Bertz CT molecular complexity index is 1490. The molecule has 0 atom stereocenters. The predicted octanol–water partition coefficient (Wildman–Crippen LogP) is 3.51. The second-order valence-corrected chi connectivity index (χ2v) is 9.99. The number of rotatable bonds is 11. The van der Waals surface area contributed by atoms with Crippen LogP contribution in [0.5, 0.6) is 23.0 Å². The van der Waals surface area contributed by atoms with Gasteiger partial charge in [0.25, 0.3) is 15.9 Å². The van der Waals surface area contributed by atoms with Gasteiger partial charge in [0.05, 0.1) is 45.2 Å². The molecule has 0 saturated carbocycles. The third-order valence-corrected chi connectivity index (χ3v) is 7.29. The summed E-state index contributed by atoms with van der Waals surface area (Å²) in [4.78, 5) is 24.3. The third-order valence-electron chi connectivity index (χ3n) is 5.50. The van der Waals surface area contributed by atoms with Crippen molar-refractivity contribution in [1.29, 1.82) is 0 Å². The molecule has 0 aliphatic carbocycles. The molecule has 13 heteroatoms. The second-order valence-electron chi connectivity index (χ2n) is 8.12. The van der Waals surface area contributed by atoms with Gasteiger partial charge >= 0.3 is 6.16 Å². The van der Waals surface area contributed by atoms with Gasteiger partial charge in [0.2, 0.25) is 0 Å². The van der Waals surface area contributed by atoms with Gasteiger partial charge in [0, 0.05) is 6.07 Å². The number of methoxy groups -OCH3 is 4. The van der Waals surface area contributed by atoms with Crippen molar-refractivity contribution in [2.75, 3.05) is 39.3 Å². The number of nitrogens with zero attached hydrogens (tertiary/aromatic N) is 2. The Balaban J connectivity index is 1.85. The summed E-state index contributed by atoms with van der Waals surface area (Å²) in [5.74, 6) is 0.328. The minimum atomic E-state index is -4.16. The molecule has 0 bridgehead atoms. The fraction of sp³-hybridized carbons (Fsp3) is 0.222. The standard InChI is InChI=1S/C27H29N3O9S/c1-18-6-10-21(11-7-18)40(33,34)30(20-9-13-22(35-2)25(15-20)37-4)17-26(31)29-28-16-19-8-12-23(24(14-19)36-3)39-27(32)38-5/h6-16H,17H2,1-5H3,(H,29,31)/b28-16-. The summed E-state index contributed by atoms with van der Waals surface area (Å²) in [6, 6.07) is 15.3. The quantitative estimate of drug-likeness (QED) is 0.158. The Morgan fingerprint density at radius 1 is 0.850 bits per heavy atom. The summed E-state index contributed by atoms with van der Waals surface area (Å²) in [5.41, 5.74) is 3.89. The average molecular weight is 572 g/mol. The lowest BCUT2D eigenvalue weighted by molar-refractivity contribution is -0.119. The van der Waals surface area contributed by atoms with Crippen molar-refractivity contribution < 1.29 is 41.7 Å². The van der Waals surface area contributed by atoms with E-state index in [9.17, 15) is 18.0 Å². The number of benzene rings is 3. The van der Waals surface area contributed by atoms with Crippen molar-refractivity contribution in [2.24, 2.45) is 5.10 Å². The minimum absolute atomic E-state index is 0.00513. The Morgan fingerprint density at radius 2 is 1.48 bits per heavy atom. The van der Waals surface area contributed by atoms with Gasteiger partial charge in [0.15, 0.2) is 23.0 Å². The van der Waals surface area contributed by atoms with Crippen LogP contribution in [0.3, 0.4) is 0 Å². The summed E-state index contributed by atoms with van der Waals surface area (Å²) in [7, 11) is 1.29. The fourth-order valence-corrected chi connectivity index (χ4v) is 4.87. The number of ether oxygens (including phenoxy) is 5. The summed E-state index contributed by atoms with van der Waals surface area (Å²) in [6.07, 6.45) is 0.406. The molecular weight excluding hydrogens is 542 g/mol. The molecule has 1 N–H and O–H groups in total. The van der Waals surface area contributed by atoms with Crippen LogP contribution in [0.1, 0.15) is 11.1 Å². The number of aryl methyl sites for hydroxylation is 1. The molecule has 0 aliphatic heterocycles. The SMILES string of the molecule is COC(=O)Oc1ccc(/C=N\NC(=O)CN(c2ccc(OC)c(OC)c2)S(=O)(=O)c2ccc(C)cc2)cc1OC. The molecule has 0 saturated heterocycles. The molecule has 0 heterocycles. The van der Waals surface area contributed by atoms with Crippen molar-refractivity contribution in [3.63, 3.8) is 0 Å². The van der Waals surface area contributed by atoms with E-state index in [2.05, 4.69) is 15.3 Å². The fourth-order valence-electron chi connectivity index (χ4n) is 3.46. The normalized spacial score (nSPS) is 11.0. The van der Waals surface area contributed by atoms with Crippen LogP contribution >= 0.6 is 0 Å². The Morgan fingerprint density at radius 3 is 2.10 bits per heavy atom. The van der Waals surface area contributed by atoms with Crippen LogP contribution in [0.15, 0.2) is 70.7 Å². The van der Waals surface area contributed by atoms with Crippen LogP contribution in [0.4, 0.5) is 10.5 Å². The first kappa shape index (κ1) is 29.8. The maximum absolute atomic E-state index is 13.6. The van der Waals surface area contributed by atoms with E-state index in [-0.39, 0.29) is 27.8 Å². The second kappa shape index (κ2) is 13.3. The smallest absolute Gasteiger partial charge is 0.493 e. The molecule has 212 valence electrons. The lowest BCUT2D eigenvalue weighted by Crippen LogP contribution is -2.39. The first-order chi connectivity index (χ1) is 19.1. The van der Waals surface area contributed by atoms with Gasteiger partial charge in [-0.05, 0) is 55.0 Å². The van der Waals surface area contributed by atoms with Crippen LogP contribution in [0.2, 0.25) is 0 Å². The zero-order chi connectivity index (χ0) is 29.3. The van der Waals surface area contributed by atoms with Crippen molar-refractivity contribution >= 4 is 34.0 Å². The molecule has 0 spiro atoms. The number of sulfonamides is 1. The molecule has 3 aromatic carbocycles.